The van der Waals surface area contributed by atoms with Gasteiger partial charge in [-0.15, -0.1) is 11.6 Å². The average molecular weight is 111 g/mol. The lowest BCUT2D eigenvalue weighted by Gasteiger charge is -1.59. The molecule has 0 radical (unpaired) electrons. The van der Waals surface area contributed by atoms with Crippen molar-refractivity contribution in [2.45, 2.75) is 6.92 Å². The van der Waals surface area contributed by atoms with Gasteiger partial charge in [0.05, 0.1) is 0 Å². The Kier molecular flexibility index (Phi) is 13.6. The molecule has 0 spiro atoms. The van der Waals surface area contributed by atoms with Crippen LogP contribution in [0.1, 0.15) is 6.92 Å². The number of halogens is 1. The molecule has 6 heavy (non-hydrogen) atoms. The second-order valence-electron chi connectivity index (χ2n) is 0.519. The van der Waals surface area contributed by atoms with Crippen LogP contribution in [-0.4, -0.2) is 17.5 Å². The second-order valence-corrected chi connectivity index (χ2v) is 0.519. The van der Waals surface area contributed by atoms with Crippen LogP contribution in [0.3, 0.4) is 0 Å². The predicted octanol–water partition coefficient (Wildman–Crippen LogP) is 0.946. The Balaban J connectivity index is 0. The Morgan fingerprint density at radius 3 is 1.67 bits per heavy atom. The van der Waals surface area contributed by atoms with E-state index in [9.17, 15) is 0 Å². The molecule has 0 saturated heterocycles. The van der Waals surface area contributed by atoms with Gasteiger partial charge >= 0.3 is 0 Å². The third-order valence-electron chi connectivity index (χ3n) is 0. The minimum atomic E-state index is -0.833. The number of alkyl halides is 1. The number of carboxylic acid groups (broad SMARTS) is 1. The summed E-state index contributed by atoms with van der Waals surface area (Å²) in [4.78, 5) is 9.00. The summed E-state index contributed by atoms with van der Waals surface area (Å²) in [5, 5.41) is 7.42. The van der Waals surface area contributed by atoms with Crippen molar-refractivity contribution in [3.05, 3.63) is 0 Å². The summed E-state index contributed by atoms with van der Waals surface area (Å²) in [7, 11) is 0. The first-order valence-corrected chi connectivity index (χ1v) is 2.06. The van der Waals surface area contributed by atoms with Gasteiger partial charge in [-0.2, -0.15) is 0 Å². The van der Waals surface area contributed by atoms with E-state index in [-0.39, 0.29) is 0 Å². The molecule has 0 aliphatic carbocycles. The fourth-order valence-corrected chi connectivity index (χ4v) is 0. The molecule has 0 aliphatic rings. The molecule has 0 heterocycles. The van der Waals surface area contributed by atoms with Crippen molar-refractivity contribution in [1.82, 2.24) is 0 Å². The van der Waals surface area contributed by atoms with Gasteiger partial charge in [0.15, 0.2) is 0 Å². The van der Waals surface area contributed by atoms with Crippen molar-refractivity contribution in [3.8, 4) is 0 Å². The molecule has 0 aromatic rings. The van der Waals surface area contributed by atoms with Gasteiger partial charge in [0.2, 0.25) is 0 Å². The molecule has 0 atom stereocenters. The molecule has 0 bridgehead atoms. The summed E-state index contributed by atoms with van der Waals surface area (Å²) in [6, 6.07) is 0. The molecule has 3 heteroatoms. The Labute approximate surface area is 41.7 Å². The summed E-state index contributed by atoms with van der Waals surface area (Å²) in [5.41, 5.74) is 0. The van der Waals surface area contributed by atoms with E-state index in [1.54, 1.807) is 0 Å². The van der Waals surface area contributed by atoms with Crippen molar-refractivity contribution in [1.29, 1.82) is 0 Å². The monoisotopic (exact) mass is 110 g/mol. The molecule has 1 N–H and O–H groups in total. The zero-order valence-electron chi connectivity index (χ0n) is 3.73. The number of rotatable bonds is 0. The minimum absolute atomic E-state index is 0.833. The van der Waals surface area contributed by atoms with E-state index in [0.717, 1.165) is 6.92 Å². The van der Waals surface area contributed by atoms with Crippen molar-refractivity contribution >= 4 is 17.6 Å². The number of aliphatic carboxylic acids is 1. The van der Waals surface area contributed by atoms with E-state index < -0.39 is 5.97 Å². The van der Waals surface area contributed by atoms with Crippen molar-refractivity contribution in [3.63, 3.8) is 0 Å². The maximum absolute atomic E-state index is 9.00. The van der Waals surface area contributed by atoms with Crippen LogP contribution in [0, 0.1) is 0 Å². The lowest BCUT2D eigenvalue weighted by molar-refractivity contribution is -0.134. The van der Waals surface area contributed by atoms with E-state index >= 15 is 0 Å². The summed E-state index contributed by atoms with van der Waals surface area (Å²) >= 11 is 4.64. The summed E-state index contributed by atoms with van der Waals surface area (Å²) < 4.78 is 0. The standard InChI is InChI=1S/C2H4O2.CH3Cl/c1-2(3)4;1-2/h1H3,(H,3,4);1H3. The molecule has 0 aromatic heterocycles. The van der Waals surface area contributed by atoms with Crippen LogP contribution in [0.25, 0.3) is 0 Å². The number of hydrogen-bond donors (Lipinski definition) is 1. The van der Waals surface area contributed by atoms with E-state index in [4.69, 9.17) is 9.90 Å². The van der Waals surface area contributed by atoms with Crippen molar-refractivity contribution < 1.29 is 9.90 Å². The maximum Gasteiger partial charge on any atom is 0.300 e. The van der Waals surface area contributed by atoms with Gasteiger partial charge < -0.3 is 5.11 Å². The van der Waals surface area contributed by atoms with E-state index in [1.165, 1.54) is 6.38 Å². The number of carboxylic acids is 1. The zero-order chi connectivity index (χ0) is 5.58. The van der Waals surface area contributed by atoms with Crippen LogP contribution in [0.2, 0.25) is 0 Å². The predicted molar refractivity (Wildman–Crippen MR) is 25.1 cm³/mol. The summed E-state index contributed by atoms with van der Waals surface area (Å²) in [6.45, 7) is 1.08. The molecule has 2 nitrogen and oxygen atoms in total. The molecule has 0 fully saturated rings. The third-order valence-corrected chi connectivity index (χ3v) is 0. The first kappa shape index (κ1) is 9.23. The molecule has 0 unspecified atom stereocenters. The van der Waals surface area contributed by atoms with E-state index in [1.807, 2.05) is 0 Å². The van der Waals surface area contributed by atoms with E-state index in [2.05, 4.69) is 11.6 Å². The molecule has 0 aliphatic heterocycles. The smallest absolute Gasteiger partial charge is 0.300 e. The van der Waals surface area contributed by atoms with Crippen molar-refractivity contribution in [2.24, 2.45) is 0 Å². The van der Waals surface area contributed by atoms with Gasteiger partial charge in [-0.1, -0.05) is 0 Å². The largest absolute Gasteiger partial charge is 0.481 e. The van der Waals surface area contributed by atoms with Gasteiger partial charge in [-0.25, -0.2) is 0 Å². The molecular formula is C3H7ClO2. The molecular weight excluding hydrogens is 103 g/mol. The molecule has 38 valence electrons. The van der Waals surface area contributed by atoms with Gasteiger partial charge in [0.25, 0.3) is 5.97 Å². The van der Waals surface area contributed by atoms with Crippen LogP contribution in [0.4, 0.5) is 0 Å². The van der Waals surface area contributed by atoms with Gasteiger partial charge in [-0.05, 0) is 0 Å². The molecule has 0 rings (SSSR count). The Morgan fingerprint density at radius 2 is 1.67 bits per heavy atom. The van der Waals surface area contributed by atoms with Crippen LogP contribution < -0.4 is 0 Å². The lowest BCUT2D eigenvalue weighted by atomic mass is 10.9. The second kappa shape index (κ2) is 8.83. The van der Waals surface area contributed by atoms with Crippen molar-refractivity contribution in [2.75, 3.05) is 6.38 Å². The topological polar surface area (TPSA) is 37.3 Å². The first-order valence-electron chi connectivity index (χ1n) is 1.31. The van der Waals surface area contributed by atoms with Crippen LogP contribution in [0.15, 0.2) is 0 Å². The highest BCUT2D eigenvalue weighted by molar-refractivity contribution is 6.15. The summed E-state index contributed by atoms with van der Waals surface area (Å²) in [6.07, 6.45) is 1.47. The summed E-state index contributed by atoms with van der Waals surface area (Å²) in [5.74, 6) is -0.833. The highest BCUT2D eigenvalue weighted by Crippen LogP contribution is 1.42. The van der Waals surface area contributed by atoms with E-state index in [0.29, 0.717) is 0 Å². The molecule has 0 aromatic carbocycles. The maximum atomic E-state index is 9.00. The van der Waals surface area contributed by atoms with Crippen LogP contribution >= 0.6 is 11.6 Å². The Bertz CT molecular complexity index is 31.8. The van der Waals surface area contributed by atoms with Crippen LogP contribution in [0.5, 0.6) is 0 Å². The normalized spacial score (nSPS) is 5.17. The van der Waals surface area contributed by atoms with Gasteiger partial charge in [-0.3, -0.25) is 4.79 Å². The van der Waals surface area contributed by atoms with Gasteiger partial charge in [0.1, 0.15) is 0 Å². The fraction of sp³-hybridized carbons (Fsp3) is 0.667. The minimum Gasteiger partial charge on any atom is -0.481 e. The Hall–Kier alpha value is -0.240. The van der Waals surface area contributed by atoms with Gasteiger partial charge in [0, 0.05) is 13.3 Å². The molecule has 0 amide bonds. The zero-order valence-corrected chi connectivity index (χ0v) is 4.49. The average Bonchev–Trinajstić information content (AvgIpc) is 1.41. The Morgan fingerprint density at radius 1 is 1.67 bits per heavy atom. The third kappa shape index (κ3) is 497. The quantitative estimate of drug-likeness (QED) is 0.472. The van der Waals surface area contributed by atoms with Crippen LogP contribution in [-0.2, 0) is 4.79 Å². The fourth-order valence-electron chi connectivity index (χ4n) is 0. The number of carbonyl (C=O) groups is 1. The lowest BCUT2D eigenvalue weighted by Crippen LogP contribution is -1.78. The highest BCUT2D eigenvalue weighted by Gasteiger charge is 1.65. The SMILES string of the molecule is CC(=O)O.CCl. The first-order chi connectivity index (χ1) is 2.73. The molecule has 0 saturated carbocycles. The highest BCUT2D eigenvalue weighted by atomic mass is 35.5. The number of hydrogen-bond acceptors (Lipinski definition) is 1.